The molecule has 0 aliphatic heterocycles. The van der Waals surface area contributed by atoms with Crippen molar-refractivity contribution in [2.75, 3.05) is 14.2 Å². The van der Waals surface area contributed by atoms with Gasteiger partial charge in [0.2, 0.25) is 0 Å². The van der Waals surface area contributed by atoms with Crippen molar-refractivity contribution < 1.29 is 9.47 Å². The topological polar surface area (TPSA) is 60.1 Å². The van der Waals surface area contributed by atoms with E-state index in [9.17, 15) is 5.26 Å². The van der Waals surface area contributed by atoms with Gasteiger partial charge in [-0.15, -0.1) is 0 Å². The molecule has 2 rings (SSSR count). The quantitative estimate of drug-likeness (QED) is 0.846. The molecule has 0 radical (unpaired) electrons. The highest BCUT2D eigenvalue weighted by Gasteiger charge is 2.18. The Hall–Kier alpha value is -2.48. The summed E-state index contributed by atoms with van der Waals surface area (Å²) in [6, 6.07) is 7.61. The van der Waals surface area contributed by atoms with E-state index in [0.29, 0.717) is 22.9 Å². The summed E-state index contributed by atoms with van der Waals surface area (Å²) in [4.78, 5) is 4.44. The molecule has 2 aromatic rings. The van der Waals surface area contributed by atoms with Crippen molar-refractivity contribution in [2.45, 2.75) is 6.92 Å². The van der Waals surface area contributed by atoms with Crippen LogP contribution in [0.5, 0.6) is 11.5 Å². The lowest BCUT2D eigenvalue weighted by Crippen LogP contribution is -1.95. The van der Waals surface area contributed by atoms with Crippen molar-refractivity contribution in [3.8, 4) is 28.8 Å². The number of benzene rings is 1. The number of methoxy groups -OCH3 is 2. The fourth-order valence-electron chi connectivity index (χ4n) is 1.93. The zero-order chi connectivity index (χ0) is 14.0. The van der Waals surface area contributed by atoms with E-state index in [1.165, 1.54) is 0 Å². The minimum atomic E-state index is 0.504. The monoisotopic (exact) mass is 257 g/mol. The average Bonchev–Trinajstić information content (AvgIpc) is 2.73. The van der Waals surface area contributed by atoms with Crippen molar-refractivity contribution in [2.24, 2.45) is 7.05 Å². The highest BCUT2D eigenvalue weighted by Crippen LogP contribution is 2.34. The maximum absolute atomic E-state index is 9.28. The zero-order valence-electron chi connectivity index (χ0n) is 11.4. The van der Waals surface area contributed by atoms with E-state index in [0.717, 1.165) is 11.4 Å². The SMILES string of the molecule is COc1ccc(OC)c(-c2nc(C)n(C)c2C#N)c1. The minimum Gasteiger partial charge on any atom is -0.497 e. The van der Waals surface area contributed by atoms with Gasteiger partial charge >= 0.3 is 0 Å². The maximum atomic E-state index is 9.28. The molecule has 5 heteroatoms. The first-order chi connectivity index (χ1) is 9.12. The smallest absolute Gasteiger partial charge is 0.148 e. The van der Waals surface area contributed by atoms with Crippen molar-refractivity contribution in [1.29, 1.82) is 5.26 Å². The molecular formula is C14H15N3O2. The van der Waals surface area contributed by atoms with Crippen LogP contribution < -0.4 is 9.47 Å². The summed E-state index contributed by atoms with van der Waals surface area (Å²) >= 11 is 0. The molecule has 98 valence electrons. The predicted octanol–water partition coefficient (Wildman–Crippen LogP) is 2.28. The molecule has 0 bridgehead atoms. The second-order valence-corrected chi connectivity index (χ2v) is 4.09. The van der Waals surface area contributed by atoms with E-state index < -0.39 is 0 Å². The second kappa shape index (κ2) is 5.02. The summed E-state index contributed by atoms with van der Waals surface area (Å²) in [7, 11) is 5.00. The third-order valence-electron chi connectivity index (χ3n) is 3.09. The summed E-state index contributed by atoms with van der Waals surface area (Å²) < 4.78 is 12.3. The largest absolute Gasteiger partial charge is 0.497 e. The maximum Gasteiger partial charge on any atom is 0.148 e. The van der Waals surface area contributed by atoms with Crippen LogP contribution in [0, 0.1) is 18.3 Å². The van der Waals surface area contributed by atoms with Gasteiger partial charge in [-0.05, 0) is 25.1 Å². The first kappa shape index (κ1) is 13.0. The molecule has 0 aliphatic rings. The summed E-state index contributed by atoms with van der Waals surface area (Å²) in [6.07, 6.45) is 0. The fourth-order valence-corrected chi connectivity index (χ4v) is 1.93. The van der Waals surface area contributed by atoms with Gasteiger partial charge in [0.15, 0.2) is 0 Å². The van der Waals surface area contributed by atoms with Crippen molar-refractivity contribution in [3.05, 3.63) is 29.7 Å². The van der Waals surface area contributed by atoms with E-state index in [1.807, 2.05) is 26.1 Å². The second-order valence-electron chi connectivity index (χ2n) is 4.09. The van der Waals surface area contributed by atoms with Gasteiger partial charge in [-0.1, -0.05) is 0 Å². The van der Waals surface area contributed by atoms with E-state index in [-0.39, 0.29) is 0 Å². The highest BCUT2D eigenvalue weighted by atomic mass is 16.5. The number of ether oxygens (including phenoxy) is 2. The average molecular weight is 257 g/mol. The van der Waals surface area contributed by atoms with E-state index in [1.54, 1.807) is 24.9 Å². The number of hydrogen-bond donors (Lipinski definition) is 0. The summed E-state index contributed by atoms with van der Waals surface area (Å²) in [6.45, 7) is 1.86. The predicted molar refractivity (Wildman–Crippen MR) is 71.2 cm³/mol. The molecule has 0 N–H and O–H groups in total. The van der Waals surface area contributed by atoms with Crippen molar-refractivity contribution >= 4 is 0 Å². The standard InChI is InChI=1S/C14H15N3O2/c1-9-16-14(12(8-15)17(9)2)11-7-10(18-3)5-6-13(11)19-4/h5-7H,1-4H3. The van der Waals surface area contributed by atoms with Gasteiger partial charge in [0, 0.05) is 12.6 Å². The van der Waals surface area contributed by atoms with Crippen LogP contribution in [0.25, 0.3) is 11.3 Å². The Morgan fingerprint density at radius 2 is 2.00 bits per heavy atom. The normalized spacial score (nSPS) is 10.1. The third kappa shape index (κ3) is 2.13. The first-order valence-corrected chi connectivity index (χ1v) is 5.78. The molecule has 0 saturated carbocycles. The Morgan fingerprint density at radius 3 is 2.58 bits per heavy atom. The number of imidazole rings is 1. The molecule has 0 amide bonds. The van der Waals surface area contributed by atoms with Crippen LogP contribution in [0.2, 0.25) is 0 Å². The van der Waals surface area contributed by atoms with E-state index >= 15 is 0 Å². The molecule has 0 spiro atoms. The Kier molecular flexibility index (Phi) is 3.43. The first-order valence-electron chi connectivity index (χ1n) is 5.78. The zero-order valence-corrected chi connectivity index (χ0v) is 11.4. The number of rotatable bonds is 3. The van der Waals surface area contributed by atoms with E-state index in [4.69, 9.17) is 9.47 Å². The fraction of sp³-hybridized carbons (Fsp3) is 0.286. The van der Waals surface area contributed by atoms with Crippen molar-refractivity contribution in [1.82, 2.24) is 9.55 Å². The summed E-state index contributed by atoms with van der Waals surface area (Å²) in [5.41, 5.74) is 1.87. The molecule has 5 nitrogen and oxygen atoms in total. The molecule has 0 aliphatic carbocycles. The van der Waals surface area contributed by atoms with Gasteiger partial charge in [-0.3, -0.25) is 0 Å². The van der Waals surface area contributed by atoms with Gasteiger partial charge in [-0.25, -0.2) is 4.98 Å². The summed E-state index contributed by atoms with van der Waals surface area (Å²) in [5, 5.41) is 9.28. The van der Waals surface area contributed by atoms with Crippen LogP contribution in [-0.4, -0.2) is 23.8 Å². The van der Waals surface area contributed by atoms with E-state index in [2.05, 4.69) is 11.1 Å². The Bertz CT molecular complexity index is 653. The van der Waals surface area contributed by atoms with Crippen LogP contribution >= 0.6 is 0 Å². The number of aryl methyl sites for hydroxylation is 1. The Morgan fingerprint density at radius 1 is 1.26 bits per heavy atom. The van der Waals surface area contributed by atoms with Crippen LogP contribution in [0.15, 0.2) is 18.2 Å². The molecule has 19 heavy (non-hydrogen) atoms. The van der Waals surface area contributed by atoms with Gasteiger partial charge < -0.3 is 14.0 Å². The number of nitrogens with zero attached hydrogens (tertiary/aromatic N) is 3. The Balaban J connectivity index is 2.71. The molecular weight excluding hydrogens is 242 g/mol. The van der Waals surface area contributed by atoms with Gasteiger partial charge in [-0.2, -0.15) is 5.26 Å². The van der Waals surface area contributed by atoms with Gasteiger partial charge in [0.25, 0.3) is 0 Å². The van der Waals surface area contributed by atoms with Crippen LogP contribution in [-0.2, 0) is 7.05 Å². The lowest BCUT2D eigenvalue weighted by molar-refractivity contribution is 0.404. The molecule has 1 heterocycles. The molecule has 0 fully saturated rings. The number of nitriles is 1. The molecule has 1 aromatic carbocycles. The lowest BCUT2D eigenvalue weighted by Gasteiger charge is -2.09. The Labute approximate surface area is 112 Å². The van der Waals surface area contributed by atoms with Crippen LogP contribution in [0.1, 0.15) is 11.5 Å². The highest BCUT2D eigenvalue weighted by molar-refractivity contribution is 5.73. The van der Waals surface area contributed by atoms with Gasteiger partial charge in [0.1, 0.15) is 34.8 Å². The molecule has 0 atom stereocenters. The third-order valence-corrected chi connectivity index (χ3v) is 3.09. The lowest BCUT2D eigenvalue weighted by atomic mass is 10.1. The van der Waals surface area contributed by atoms with Gasteiger partial charge in [0.05, 0.1) is 14.2 Å². The van der Waals surface area contributed by atoms with Crippen molar-refractivity contribution in [3.63, 3.8) is 0 Å². The minimum absolute atomic E-state index is 0.504. The molecule has 0 unspecified atom stereocenters. The van der Waals surface area contributed by atoms with Crippen LogP contribution in [0.3, 0.4) is 0 Å². The number of hydrogen-bond acceptors (Lipinski definition) is 4. The molecule has 1 aromatic heterocycles. The summed E-state index contributed by atoms with van der Waals surface area (Å²) in [5.74, 6) is 2.13. The number of aromatic nitrogens is 2. The molecule has 0 saturated heterocycles. The van der Waals surface area contributed by atoms with Crippen LogP contribution in [0.4, 0.5) is 0 Å².